The summed E-state index contributed by atoms with van der Waals surface area (Å²) in [6.07, 6.45) is -3.43. The molecule has 1 saturated heterocycles. The smallest absolute Gasteiger partial charge is 0.417 e. The Morgan fingerprint density at radius 3 is 2.86 bits per heavy atom. The van der Waals surface area contributed by atoms with E-state index in [1.165, 1.54) is 18.9 Å². The number of ether oxygens (including phenoxy) is 2. The fraction of sp³-hybridized carbons (Fsp3) is 0.455. The van der Waals surface area contributed by atoms with Gasteiger partial charge in [-0.1, -0.05) is 6.07 Å². The summed E-state index contributed by atoms with van der Waals surface area (Å²) >= 11 is 0. The molecular formula is C22H23F3N2O2. The molecule has 0 spiro atoms. The van der Waals surface area contributed by atoms with E-state index in [9.17, 15) is 13.2 Å². The van der Waals surface area contributed by atoms with Crippen LogP contribution >= 0.6 is 0 Å². The van der Waals surface area contributed by atoms with Crippen molar-refractivity contribution >= 4 is 5.69 Å². The third kappa shape index (κ3) is 3.07. The lowest BCUT2D eigenvalue weighted by Gasteiger charge is -2.33. The van der Waals surface area contributed by atoms with E-state index < -0.39 is 11.7 Å². The van der Waals surface area contributed by atoms with Crippen LogP contribution in [0, 0.1) is 0 Å². The Morgan fingerprint density at radius 1 is 1.21 bits per heavy atom. The van der Waals surface area contributed by atoms with Crippen molar-refractivity contribution in [2.24, 2.45) is 0 Å². The van der Waals surface area contributed by atoms with Crippen molar-refractivity contribution in [2.75, 3.05) is 38.3 Å². The Labute approximate surface area is 167 Å². The number of nitrogens with zero attached hydrogens (tertiary/aromatic N) is 1. The predicted molar refractivity (Wildman–Crippen MR) is 104 cm³/mol. The minimum Gasteiger partial charge on any atom is -0.497 e. The molecule has 0 aliphatic carbocycles. The maximum Gasteiger partial charge on any atom is 0.417 e. The van der Waals surface area contributed by atoms with Crippen LogP contribution < -0.4 is 15.0 Å². The highest BCUT2D eigenvalue weighted by molar-refractivity contribution is 5.78. The second-order valence-electron chi connectivity index (χ2n) is 7.90. The summed E-state index contributed by atoms with van der Waals surface area (Å²) in [6, 6.07) is 8.40. The van der Waals surface area contributed by atoms with Gasteiger partial charge in [0.15, 0.2) is 0 Å². The Hall–Kier alpha value is -2.25. The molecule has 7 heteroatoms. The molecule has 2 atom stereocenters. The van der Waals surface area contributed by atoms with Gasteiger partial charge in [-0.25, -0.2) is 0 Å². The van der Waals surface area contributed by atoms with Crippen LogP contribution in [0.25, 0.3) is 11.1 Å². The van der Waals surface area contributed by atoms with E-state index in [0.717, 1.165) is 43.2 Å². The predicted octanol–water partition coefficient (Wildman–Crippen LogP) is 4.18. The SMILES string of the molecule is COc1ccc(-c2cc3c4c(c2)[C@H]2CNCC[C@H]2N4CCOC3)c(C(F)(F)F)c1. The van der Waals surface area contributed by atoms with Crippen molar-refractivity contribution in [3.63, 3.8) is 0 Å². The summed E-state index contributed by atoms with van der Waals surface area (Å²) in [5, 5.41) is 3.45. The highest BCUT2D eigenvalue weighted by Gasteiger charge is 2.42. The number of alkyl halides is 3. The molecule has 0 bridgehead atoms. The topological polar surface area (TPSA) is 33.7 Å². The third-order valence-electron chi connectivity index (χ3n) is 6.33. The van der Waals surface area contributed by atoms with Crippen LogP contribution in [-0.4, -0.2) is 39.4 Å². The average Bonchev–Trinajstić information content (AvgIpc) is 2.88. The number of hydrogen-bond donors (Lipinski definition) is 1. The van der Waals surface area contributed by atoms with Crippen molar-refractivity contribution < 1.29 is 22.6 Å². The van der Waals surface area contributed by atoms with Crippen LogP contribution in [0.5, 0.6) is 5.75 Å². The Bertz CT molecular complexity index is 944. The maximum atomic E-state index is 13.8. The third-order valence-corrected chi connectivity index (χ3v) is 6.33. The number of fused-ring (bicyclic) bond motifs is 3. The summed E-state index contributed by atoms with van der Waals surface area (Å²) < 4.78 is 52.3. The molecule has 0 amide bonds. The molecule has 3 aliphatic heterocycles. The maximum absolute atomic E-state index is 13.8. The first-order valence-corrected chi connectivity index (χ1v) is 9.95. The van der Waals surface area contributed by atoms with Crippen molar-refractivity contribution in [1.29, 1.82) is 0 Å². The molecule has 0 radical (unpaired) electrons. The number of piperidine rings is 1. The van der Waals surface area contributed by atoms with E-state index in [-0.39, 0.29) is 11.3 Å². The molecular weight excluding hydrogens is 381 g/mol. The zero-order valence-corrected chi connectivity index (χ0v) is 16.2. The van der Waals surface area contributed by atoms with Crippen molar-refractivity contribution in [3.8, 4) is 16.9 Å². The van der Waals surface area contributed by atoms with Gasteiger partial charge in [0.1, 0.15) is 5.75 Å². The number of nitrogens with one attached hydrogen (secondary N) is 1. The van der Waals surface area contributed by atoms with E-state index in [4.69, 9.17) is 9.47 Å². The first-order valence-electron chi connectivity index (χ1n) is 9.95. The highest BCUT2D eigenvalue weighted by atomic mass is 19.4. The molecule has 5 rings (SSSR count). The molecule has 1 fully saturated rings. The van der Waals surface area contributed by atoms with Crippen molar-refractivity contribution in [3.05, 3.63) is 47.0 Å². The van der Waals surface area contributed by atoms with Gasteiger partial charge in [0.2, 0.25) is 0 Å². The van der Waals surface area contributed by atoms with Gasteiger partial charge < -0.3 is 19.7 Å². The summed E-state index contributed by atoms with van der Waals surface area (Å²) in [5.41, 5.74) is 3.39. The summed E-state index contributed by atoms with van der Waals surface area (Å²) in [4.78, 5) is 2.42. The summed E-state index contributed by atoms with van der Waals surface area (Å²) in [7, 11) is 1.38. The standard InChI is InChI=1S/C22H23F3N2O2/c1-28-15-2-3-16(19(10-15)22(23,24)25)13-8-14-12-29-7-6-27-20-4-5-26-11-18(20)17(9-13)21(14)27/h2-3,8-10,18,20,26H,4-7,11-12H2,1H3/t18-,20-/m1/s1. The Kier molecular flexibility index (Phi) is 4.47. The first-order chi connectivity index (χ1) is 14.0. The lowest BCUT2D eigenvalue weighted by molar-refractivity contribution is -0.137. The second-order valence-corrected chi connectivity index (χ2v) is 7.90. The van der Waals surface area contributed by atoms with Gasteiger partial charge in [0, 0.05) is 36.3 Å². The molecule has 154 valence electrons. The van der Waals surface area contributed by atoms with Gasteiger partial charge >= 0.3 is 6.18 Å². The summed E-state index contributed by atoms with van der Waals surface area (Å²) in [6.45, 7) is 3.71. The fourth-order valence-electron chi connectivity index (χ4n) is 5.08. The number of anilines is 1. The quantitative estimate of drug-likeness (QED) is 0.815. The zero-order chi connectivity index (χ0) is 20.2. The molecule has 3 heterocycles. The minimum absolute atomic E-state index is 0.181. The van der Waals surface area contributed by atoms with Gasteiger partial charge in [-0.05, 0) is 53.9 Å². The largest absolute Gasteiger partial charge is 0.497 e. The van der Waals surface area contributed by atoms with Crippen LogP contribution in [-0.2, 0) is 17.5 Å². The van der Waals surface area contributed by atoms with Crippen LogP contribution in [0.2, 0.25) is 0 Å². The van der Waals surface area contributed by atoms with E-state index in [2.05, 4.69) is 10.2 Å². The van der Waals surface area contributed by atoms with Crippen LogP contribution in [0.4, 0.5) is 18.9 Å². The molecule has 3 aliphatic rings. The van der Waals surface area contributed by atoms with Gasteiger partial charge in [-0.15, -0.1) is 0 Å². The van der Waals surface area contributed by atoms with Crippen LogP contribution in [0.15, 0.2) is 30.3 Å². The number of rotatable bonds is 2. The van der Waals surface area contributed by atoms with E-state index in [0.29, 0.717) is 30.7 Å². The first kappa shape index (κ1) is 18.8. The number of benzene rings is 2. The van der Waals surface area contributed by atoms with Gasteiger partial charge in [-0.2, -0.15) is 13.2 Å². The molecule has 29 heavy (non-hydrogen) atoms. The van der Waals surface area contributed by atoms with Gasteiger partial charge in [0.05, 0.1) is 25.9 Å². The lowest BCUT2D eigenvalue weighted by Crippen LogP contribution is -2.44. The molecule has 2 aromatic rings. The van der Waals surface area contributed by atoms with Crippen molar-refractivity contribution in [1.82, 2.24) is 5.32 Å². The Morgan fingerprint density at radius 2 is 2.07 bits per heavy atom. The number of hydrogen-bond acceptors (Lipinski definition) is 4. The van der Waals surface area contributed by atoms with Crippen LogP contribution in [0.3, 0.4) is 0 Å². The summed E-state index contributed by atoms with van der Waals surface area (Å²) in [5.74, 6) is 0.495. The van der Waals surface area contributed by atoms with E-state index in [1.807, 2.05) is 12.1 Å². The second kappa shape index (κ2) is 6.92. The van der Waals surface area contributed by atoms with Crippen LogP contribution in [0.1, 0.15) is 29.0 Å². The molecule has 0 unspecified atom stereocenters. The molecule has 1 N–H and O–H groups in total. The van der Waals surface area contributed by atoms with Gasteiger partial charge in [-0.3, -0.25) is 0 Å². The average molecular weight is 404 g/mol. The normalized spacial score (nSPS) is 23.4. The Balaban J connectivity index is 1.69. The number of halogens is 3. The highest BCUT2D eigenvalue weighted by Crippen LogP contribution is 2.49. The number of methoxy groups -OCH3 is 1. The monoisotopic (exact) mass is 404 g/mol. The molecule has 0 saturated carbocycles. The zero-order valence-electron chi connectivity index (χ0n) is 16.2. The molecule has 0 aromatic heterocycles. The fourth-order valence-corrected chi connectivity index (χ4v) is 5.08. The van der Waals surface area contributed by atoms with Crippen molar-refractivity contribution in [2.45, 2.75) is 31.2 Å². The van der Waals surface area contributed by atoms with E-state index >= 15 is 0 Å². The van der Waals surface area contributed by atoms with E-state index in [1.54, 1.807) is 6.07 Å². The minimum atomic E-state index is -4.46. The molecule has 2 aromatic carbocycles. The molecule has 4 nitrogen and oxygen atoms in total. The van der Waals surface area contributed by atoms with Gasteiger partial charge in [0.25, 0.3) is 0 Å². The lowest BCUT2D eigenvalue weighted by atomic mass is 9.87.